The number of rotatable bonds is 2. The number of Topliss-reactive ketones (excluding diaryl/α,β-unsaturated/α-hetero) is 1. The lowest BCUT2D eigenvalue weighted by Crippen LogP contribution is -2.04. The molecule has 1 aromatic heterocycles. The molecule has 1 heterocycles. The molecule has 0 bridgehead atoms. The Bertz CT molecular complexity index is 586. The minimum absolute atomic E-state index is 0.105. The minimum atomic E-state index is -4.34. The Morgan fingerprint density at radius 2 is 1.68 bits per heavy atom. The van der Waals surface area contributed by atoms with Gasteiger partial charge in [-0.15, -0.1) is 0 Å². The van der Waals surface area contributed by atoms with E-state index < -0.39 is 11.7 Å². The zero-order chi connectivity index (χ0) is 14.0. The van der Waals surface area contributed by atoms with E-state index in [0.29, 0.717) is 16.8 Å². The Kier molecular flexibility index (Phi) is 3.38. The fraction of sp³-hybridized carbons (Fsp3) is 0.143. The van der Waals surface area contributed by atoms with Crippen molar-refractivity contribution < 1.29 is 18.0 Å². The number of hydrogen-bond donors (Lipinski definition) is 0. The summed E-state index contributed by atoms with van der Waals surface area (Å²) >= 11 is 0. The first-order valence-electron chi connectivity index (χ1n) is 5.52. The highest BCUT2D eigenvalue weighted by Crippen LogP contribution is 2.30. The van der Waals surface area contributed by atoms with Crippen molar-refractivity contribution in [3.8, 4) is 11.3 Å². The lowest BCUT2D eigenvalue weighted by Gasteiger charge is -2.07. The molecule has 0 aliphatic heterocycles. The van der Waals surface area contributed by atoms with Crippen molar-refractivity contribution in [1.29, 1.82) is 0 Å². The van der Waals surface area contributed by atoms with E-state index in [1.807, 2.05) is 0 Å². The van der Waals surface area contributed by atoms with E-state index in [1.165, 1.54) is 25.3 Å². The first kappa shape index (κ1) is 13.3. The molecule has 2 nitrogen and oxygen atoms in total. The highest BCUT2D eigenvalue weighted by atomic mass is 19.4. The van der Waals surface area contributed by atoms with Crippen LogP contribution in [0.15, 0.2) is 42.6 Å². The Labute approximate surface area is 107 Å². The predicted octanol–water partition coefficient (Wildman–Crippen LogP) is 3.97. The van der Waals surface area contributed by atoms with Crippen LogP contribution in [0.2, 0.25) is 0 Å². The highest BCUT2D eigenvalue weighted by Gasteiger charge is 2.29. The highest BCUT2D eigenvalue weighted by molar-refractivity contribution is 5.93. The summed E-state index contributed by atoms with van der Waals surface area (Å²) in [4.78, 5) is 15.1. The van der Waals surface area contributed by atoms with Gasteiger partial charge in [0.2, 0.25) is 0 Å². The van der Waals surface area contributed by atoms with E-state index >= 15 is 0 Å². The number of halogens is 3. The van der Waals surface area contributed by atoms with E-state index in [2.05, 4.69) is 4.98 Å². The van der Waals surface area contributed by atoms with E-state index in [1.54, 1.807) is 12.1 Å². The summed E-state index contributed by atoms with van der Waals surface area (Å²) in [6, 6.07) is 7.95. The van der Waals surface area contributed by atoms with Crippen LogP contribution in [-0.4, -0.2) is 10.8 Å². The number of nitrogens with zero attached hydrogens (tertiary/aromatic N) is 1. The average Bonchev–Trinajstić information content (AvgIpc) is 2.38. The Morgan fingerprint density at radius 1 is 1.05 bits per heavy atom. The number of pyridine rings is 1. The van der Waals surface area contributed by atoms with Crippen LogP contribution in [0, 0.1) is 0 Å². The summed E-state index contributed by atoms with van der Waals surface area (Å²) in [6.07, 6.45) is -2.93. The topological polar surface area (TPSA) is 30.0 Å². The zero-order valence-electron chi connectivity index (χ0n) is 10.0. The Morgan fingerprint density at radius 3 is 2.11 bits per heavy atom. The molecule has 0 aliphatic rings. The predicted molar refractivity (Wildman–Crippen MR) is 64.7 cm³/mol. The molecule has 0 fully saturated rings. The molecule has 1 aromatic carbocycles. The number of ketones is 1. The molecule has 5 heteroatoms. The second-order valence-electron chi connectivity index (χ2n) is 4.06. The average molecular weight is 265 g/mol. The van der Waals surface area contributed by atoms with Crippen molar-refractivity contribution in [2.75, 3.05) is 0 Å². The standard InChI is InChI=1S/C14H10F3NO/c1-9(19)11-4-7-13(18-8-11)10-2-5-12(6-3-10)14(15,16)17/h2-8H,1H3. The number of carbonyl (C=O) groups is 1. The molecule has 0 N–H and O–H groups in total. The van der Waals surface area contributed by atoms with E-state index in [0.717, 1.165) is 12.1 Å². The van der Waals surface area contributed by atoms with Gasteiger partial charge in [0, 0.05) is 17.3 Å². The second-order valence-corrected chi connectivity index (χ2v) is 4.06. The van der Waals surface area contributed by atoms with Gasteiger partial charge in [0.15, 0.2) is 5.78 Å². The van der Waals surface area contributed by atoms with Crippen LogP contribution in [-0.2, 0) is 6.18 Å². The minimum Gasteiger partial charge on any atom is -0.294 e. The summed E-state index contributed by atoms with van der Waals surface area (Å²) < 4.78 is 37.2. The third-order valence-electron chi connectivity index (χ3n) is 2.68. The summed E-state index contributed by atoms with van der Waals surface area (Å²) in [6.45, 7) is 1.43. The second kappa shape index (κ2) is 4.84. The summed E-state index contributed by atoms with van der Waals surface area (Å²) in [5, 5.41) is 0. The summed E-state index contributed by atoms with van der Waals surface area (Å²) in [5.74, 6) is -0.105. The maximum absolute atomic E-state index is 12.4. The van der Waals surface area contributed by atoms with Crippen molar-refractivity contribution in [1.82, 2.24) is 4.98 Å². The largest absolute Gasteiger partial charge is 0.416 e. The molecule has 0 radical (unpaired) electrons. The Hall–Kier alpha value is -2.17. The number of aromatic nitrogens is 1. The van der Waals surface area contributed by atoms with Crippen molar-refractivity contribution in [3.05, 3.63) is 53.7 Å². The number of benzene rings is 1. The summed E-state index contributed by atoms with van der Waals surface area (Å²) in [5.41, 5.74) is 0.870. The van der Waals surface area contributed by atoms with Gasteiger partial charge in [-0.05, 0) is 31.2 Å². The molecule has 2 aromatic rings. The van der Waals surface area contributed by atoms with Crippen LogP contribution in [0.5, 0.6) is 0 Å². The van der Waals surface area contributed by atoms with Gasteiger partial charge in [-0.1, -0.05) is 12.1 Å². The van der Waals surface area contributed by atoms with Crippen molar-refractivity contribution in [3.63, 3.8) is 0 Å². The van der Waals surface area contributed by atoms with Crippen LogP contribution in [0.1, 0.15) is 22.8 Å². The van der Waals surface area contributed by atoms with Gasteiger partial charge in [-0.3, -0.25) is 9.78 Å². The third kappa shape index (κ3) is 2.99. The third-order valence-corrected chi connectivity index (χ3v) is 2.68. The molecule has 0 amide bonds. The van der Waals surface area contributed by atoms with Crippen molar-refractivity contribution >= 4 is 5.78 Å². The van der Waals surface area contributed by atoms with Crippen LogP contribution in [0.4, 0.5) is 13.2 Å². The normalized spacial score (nSPS) is 11.4. The molecule has 0 aliphatic carbocycles. The lowest BCUT2D eigenvalue weighted by molar-refractivity contribution is -0.137. The van der Waals surface area contributed by atoms with Gasteiger partial charge in [0.1, 0.15) is 0 Å². The molecule has 0 spiro atoms. The van der Waals surface area contributed by atoms with Gasteiger partial charge in [0.25, 0.3) is 0 Å². The van der Waals surface area contributed by atoms with Crippen LogP contribution in [0.3, 0.4) is 0 Å². The van der Waals surface area contributed by atoms with E-state index in [9.17, 15) is 18.0 Å². The van der Waals surface area contributed by atoms with E-state index in [4.69, 9.17) is 0 Å². The molecular weight excluding hydrogens is 255 g/mol. The molecule has 98 valence electrons. The first-order valence-corrected chi connectivity index (χ1v) is 5.52. The SMILES string of the molecule is CC(=O)c1ccc(-c2ccc(C(F)(F)F)cc2)nc1. The van der Waals surface area contributed by atoms with Crippen molar-refractivity contribution in [2.45, 2.75) is 13.1 Å². The smallest absolute Gasteiger partial charge is 0.294 e. The molecule has 0 saturated carbocycles. The molecule has 19 heavy (non-hydrogen) atoms. The fourth-order valence-corrected chi connectivity index (χ4v) is 1.60. The quantitative estimate of drug-likeness (QED) is 0.769. The van der Waals surface area contributed by atoms with Gasteiger partial charge < -0.3 is 0 Å². The molecular formula is C14H10F3NO. The lowest BCUT2D eigenvalue weighted by atomic mass is 10.1. The molecule has 2 rings (SSSR count). The maximum Gasteiger partial charge on any atom is 0.416 e. The monoisotopic (exact) mass is 265 g/mol. The van der Waals surface area contributed by atoms with Crippen LogP contribution in [0.25, 0.3) is 11.3 Å². The van der Waals surface area contributed by atoms with Gasteiger partial charge in [-0.2, -0.15) is 13.2 Å². The van der Waals surface area contributed by atoms with Gasteiger partial charge in [-0.25, -0.2) is 0 Å². The first-order chi connectivity index (χ1) is 8.88. The molecule has 0 atom stereocenters. The van der Waals surface area contributed by atoms with Gasteiger partial charge in [0.05, 0.1) is 11.3 Å². The zero-order valence-corrected chi connectivity index (χ0v) is 10.0. The number of carbonyl (C=O) groups excluding carboxylic acids is 1. The number of alkyl halides is 3. The Balaban J connectivity index is 2.30. The maximum atomic E-state index is 12.4. The number of hydrogen-bond acceptors (Lipinski definition) is 2. The molecule has 0 saturated heterocycles. The van der Waals surface area contributed by atoms with Gasteiger partial charge >= 0.3 is 6.18 Å². The van der Waals surface area contributed by atoms with Crippen LogP contribution >= 0.6 is 0 Å². The fourth-order valence-electron chi connectivity index (χ4n) is 1.60. The molecule has 0 unspecified atom stereocenters. The summed E-state index contributed by atoms with van der Waals surface area (Å²) in [7, 11) is 0. The van der Waals surface area contributed by atoms with Crippen LogP contribution < -0.4 is 0 Å². The van der Waals surface area contributed by atoms with Crippen molar-refractivity contribution in [2.24, 2.45) is 0 Å². The van der Waals surface area contributed by atoms with E-state index in [-0.39, 0.29) is 5.78 Å².